The zero-order chi connectivity index (χ0) is 17.4. The first kappa shape index (κ1) is 16.0. The number of ether oxygens (including phenoxy) is 2. The molecule has 2 aromatic heterocycles. The number of aromatic nitrogens is 3. The van der Waals surface area contributed by atoms with E-state index in [-0.39, 0.29) is 17.6 Å². The average Bonchev–Trinajstić information content (AvgIpc) is 2.99. The summed E-state index contributed by atoms with van der Waals surface area (Å²) in [6.45, 7) is 5.34. The minimum absolute atomic E-state index is 0.0119. The number of nitrogens with zero attached hydrogens (tertiary/aromatic N) is 4. The van der Waals surface area contributed by atoms with Gasteiger partial charge in [-0.25, -0.2) is 9.97 Å². The van der Waals surface area contributed by atoms with Gasteiger partial charge in [-0.3, -0.25) is 4.79 Å². The fourth-order valence-corrected chi connectivity index (χ4v) is 3.36. The lowest BCUT2D eigenvalue weighted by molar-refractivity contribution is -0.174. The van der Waals surface area contributed by atoms with E-state index in [2.05, 4.69) is 15.1 Å². The molecule has 2 fully saturated rings. The summed E-state index contributed by atoms with van der Waals surface area (Å²) in [6.07, 6.45) is 3.18. The van der Waals surface area contributed by atoms with Gasteiger partial charge in [-0.1, -0.05) is 5.16 Å². The van der Waals surface area contributed by atoms with Crippen LogP contribution >= 0.6 is 0 Å². The van der Waals surface area contributed by atoms with Crippen LogP contribution in [0.25, 0.3) is 0 Å². The lowest BCUT2D eigenvalue weighted by atomic mass is 9.84. The molecule has 4 rings (SSSR count). The highest BCUT2D eigenvalue weighted by atomic mass is 16.5. The number of likely N-dealkylation sites (tertiary alicyclic amines) is 1. The van der Waals surface area contributed by atoms with E-state index in [1.807, 2.05) is 13.0 Å². The van der Waals surface area contributed by atoms with Crippen LogP contribution in [0.2, 0.25) is 0 Å². The molecule has 2 aliphatic heterocycles. The molecular formula is C17H20N4O4. The van der Waals surface area contributed by atoms with Crippen molar-refractivity contribution in [1.29, 1.82) is 0 Å². The van der Waals surface area contributed by atoms with Gasteiger partial charge in [0.25, 0.3) is 5.91 Å². The maximum absolute atomic E-state index is 12.4. The molecule has 132 valence electrons. The summed E-state index contributed by atoms with van der Waals surface area (Å²) in [6, 6.07) is 3.88. The fourth-order valence-electron chi connectivity index (χ4n) is 3.36. The van der Waals surface area contributed by atoms with Gasteiger partial charge in [0.1, 0.15) is 17.5 Å². The third kappa shape index (κ3) is 3.21. The van der Waals surface area contributed by atoms with Gasteiger partial charge in [0.2, 0.25) is 0 Å². The second-order valence-electron chi connectivity index (χ2n) is 6.73. The molecule has 0 aliphatic carbocycles. The Morgan fingerprint density at radius 1 is 1.40 bits per heavy atom. The van der Waals surface area contributed by atoms with E-state index in [4.69, 9.17) is 14.0 Å². The summed E-state index contributed by atoms with van der Waals surface area (Å²) in [5.74, 6) is 0.496. The van der Waals surface area contributed by atoms with Gasteiger partial charge in [-0.2, -0.15) is 0 Å². The molecule has 2 aromatic rings. The van der Waals surface area contributed by atoms with Crippen molar-refractivity contribution >= 4 is 5.91 Å². The zero-order valence-electron chi connectivity index (χ0n) is 14.3. The number of carbonyl (C=O) groups is 1. The van der Waals surface area contributed by atoms with Crippen molar-refractivity contribution in [3.05, 3.63) is 35.5 Å². The molecule has 0 saturated carbocycles. The van der Waals surface area contributed by atoms with E-state index < -0.39 is 0 Å². The van der Waals surface area contributed by atoms with Crippen LogP contribution in [0.5, 0.6) is 6.01 Å². The van der Waals surface area contributed by atoms with Crippen LogP contribution in [-0.2, 0) is 4.74 Å². The van der Waals surface area contributed by atoms with Gasteiger partial charge in [-0.05, 0) is 19.9 Å². The Hall–Kier alpha value is -2.48. The van der Waals surface area contributed by atoms with E-state index in [9.17, 15) is 4.79 Å². The Kier molecular flexibility index (Phi) is 3.91. The van der Waals surface area contributed by atoms with Gasteiger partial charge < -0.3 is 18.9 Å². The molecule has 1 spiro atoms. The number of carbonyl (C=O) groups excluding carboxylic acids is 1. The molecule has 8 nitrogen and oxygen atoms in total. The molecule has 2 saturated heterocycles. The summed E-state index contributed by atoms with van der Waals surface area (Å²) < 4.78 is 16.8. The van der Waals surface area contributed by atoms with Crippen LogP contribution in [0, 0.1) is 13.8 Å². The van der Waals surface area contributed by atoms with Gasteiger partial charge in [0.05, 0.1) is 19.7 Å². The highest BCUT2D eigenvalue weighted by Crippen LogP contribution is 2.36. The molecule has 4 heterocycles. The molecule has 1 atom stereocenters. The van der Waals surface area contributed by atoms with Crippen molar-refractivity contribution in [1.82, 2.24) is 20.0 Å². The van der Waals surface area contributed by atoms with Crippen LogP contribution in [0.1, 0.15) is 34.8 Å². The molecule has 0 radical (unpaired) electrons. The minimum Gasteiger partial charge on any atom is -0.460 e. The third-order valence-electron chi connectivity index (χ3n) is 4.58. The van der Waals surface area contributed by atoms with E-state index >= 15 is 0 Å². The molecule has 2 aliphatic rings. The number of hydrogen-bond acceptors (Lipinski definition) is 7. The summed E-state index contributed by atoms with van der Waals surface area (Å²) >= 11 is 0. The first-order chi connectivity index (χ1) is 12.0. The molecule has 1 amide bonds. The predicted molar refractivity (Wildman–Crippen MR) is 86.2 cm³/mol. The van der Waals surface area contributed by atoms with Gasteiger partial charge >= 0.3 is 6.01 Å². The van der Waals surface area contributed by atoms with E-state index in [0.29, 0.717) is 43.6 Å². The summed E-state index contributed by atoms with van der Waals surface area (Å²) in [4.78, 5) is 22.5. The maximum atomic E-state index is 12.4. The van der Waals surface area contributed by atoms with E-state index in [1.165, 1.54) is 0 Å². The quantitative estimate of drug-likeness (QED) is 0.834. The van der Waals surface area contributed by atoms with Crippen molar-refractivity contribution in [2.75, 3.05) is 19.7 Å². The maximum Gasteiger partial charge on any atom is 0.316 e. The first-order valence-corrected chi connectivity index (χ1v) is 8.36. The molecular weight excluding hydrogens is 324 g/mol. The Morgan fingerprint density at radius 3 is 2.96 bits per heavy atom. The Bertz CT molecular complexity index is 784. The normalized spacial score (nSPS) is 21.8. The molecule has 0 aromatic carbocycles. The minimum atomic E-state index is -0.346. The van der Waals surface area contributed by atoms with E-state index in [0.717, 1.165) is 12.1 Å². The average molecular weight is 344 g/mol. The highest BCUT2D eigenvalue weighted by Gasteiger charge is 2.50. The molecule has 0 bridgehead atoms. The van der Waals surface area contributed by atoms with Crippen LogP contribution in [0.15, 0.2) is 22.9 Å². The number of aryl methyl sites for hydroxylation is 2. The smallest absolute Gasteiger partial charge is 0.316 e. The van der Waals surface area contributed by atoms with E-state index in [1.54, 1.807) is 24.1 Å². The molecule has 8 heteroatoms. The lowest BCUT2D eigenvalue weighted by Crippen LogP contribution is -2.67. The summed E-state index contributed by atoms with van der Waals surface area (Å²) in [5.41, 5.74) is 0.862. The van der Waals surface area contributed by atoms with Crippen molar-refractivity contribution in [2.24, 2.45) is 0 Å². The Labute approximate surface area is 145 Å². The molecule has 0 N–H and O–H groups in total. The standard InChI is InChI=1S/C17H20N4O4/c1-11-3-5-18-16(19-11)24-13-4-6-23-17(8-13)9-21(10-17)15(22)14-7-12(2)25-20-14/h3,5,7,13H,4,6,8-10H2,1-2H3. The third-order valence-corrected chi connectivity index (χ3v) is 4.58. The van der Waals surface area contributed by atoms with Crippen LogP contribution < -0.4 is 4.74 Å². The molecule has 25 heavy (non-hydrogen) atoms. The van der Waals surface area contributed by atoms with Crippen molar-refractivity contribution in [3.8, 4) is 6.01 Å². The van der Waals surface area contributed by atoms with Crippen molar-refractivity contribution < 1.29 is 18.8 Å². The summed E-state index contributed by atoms with van der Waals surface area (Å²) in [5, 5.41) is 3.78. The topological polar surface area (TPSA) is 90.6 Å². The van der Waals surface area contributed by atoms with Crippen LogP contribution in [0.3, 0.4) is 0 Å². The lowest BCUT2D eigenvalue weighted by Gasteiger charge is -2.52. The first-order valence-electron chi connectivity index (χ1n) is 8.36. The second kappa shape index (κ2) is 6.11. The summed E-state index contributed by atoms with van der Waals surface area (Å²) in [7, 11) is 0. The second-order valence-corrected chi connectivity index (χ2v) is 6.73. The van der Waals surface area contributed by atoms with Gasteiger partial charge in [0.15, 0.2) is 5.69 Å². The Balaban J connectivity index is 1.37. The zero-order valence-corrected chi connectivity index (χ0v) is 14.3. The van der Waals surface area contributed by atoms with Crippen LogP contribution in [0.4, 0.5) is 0 Å². The van der Waals surface area contributed by atoms with Crippen LogP contribution in [-0.4, -0.2) is 57.3 Å². The predicted octanol–water partition coefficient (Wildman–Crippen LogP) is 1.53. The molecule has 1 unspecified atom stereocenters. The van der Waals surface area contributed by atoms with Gasteiger partial charge in [0, 0.05) is 30.8 Å². The number of amides is 1. The fraction of sp³-hybridized carbons (Fsp3) is 0.529. The van der Waals surface area contributed by atoms with Crippen molar-refractivity contribution in [3.63, 3.8) is 0 Å². The number of rotatable bonds is 3. The SMILES string of the molecule is Cc1ccnc(OC2CCOC3(C2)CN(C(=O)c2cc(C)on2)C3)n1. The Morgan fingerprint density at radius 2 is 2.24 bits per heavy atom. The largest absolute Gasteiger partial charge is 0.460 e. The van der Waals surface area contributed by atoms with Crippen molar-refractivity contribution in [2.45, 2.75) is 38.4 Å². The highest BCUT2D eigenvalue weighted by molar-refractivity contribution is 5.93. The van der Waals surface area contributed by atoms with Gasteiger partial charge in [-0.15, -0.1) is 0 Å². The number of hydrogen-bond donors (Lipinski definition) is 0. The monoisotopic (exact) mass is 344 g/mol.